The molecule has 1 aliphatic heterocycles. The molecule has 2 aromatic carbocycles. The molecule has 1 aromatic heterocycles. The van der Waals surface area contributed by atoms with Crippen LogP contribution in [0.3, 0.4) is 0 Å². The van der Waals surface area contributed by atoms with Gasteiger partial charge in [-0.2, -0.15) is 0 Å². The van der Waals surface area contributed by atoms with Gasteiger partial charge >= 0.3 is 0 Å². The summed E-state index contributed by atoms with van der Waals surface area (Å²) in [5.41, 5.74) is 3.74. The maximum absolute atomic E-state index is 13.3. The van der Waals surface area contributed by atoms with Crippen molar-refractivity contribution >= 4 is 32.6 Å². The van der Waals surface area contributed by atoms with Crippen LogP contribution >= 0.6 is 11.3 Å². The van der Waals surface area contributed by atoms with Gasteiger partial charge in [-0.25, -0.2) is 9.37 Å². The van der Waals surface area contributed by atoms with Crippen LogP contribution in [0.5, 0.6) is 0 Å². The van der Waals surface area contributed by atoms with Crippen LogP contribution in [0.1, 0.15) is 21.5 Å². The average molecular weight is 414 g/mol. The van der Waals surface area contributed by atoms with E-state index in [0.717, 1.165) is 29.9 Å². The highest BCUT2D eigenvalue weighted by molar-refractivity contribution is 7.22. The van der Waals surface area contributed by atoms with Crippen LogP contribution in [0.4, 0.5) is 9.52 Å². The number of hydrogen-bond donors (Lipinski definition) is 0. The number of thiazole rings is 1. The lowest BCUT2D eigenvalue weighted by atomic mass is 10.1. The van der Waals surface area contributed by atoms with Gasteiger partial charge in [0.25, 0.3) is 5.91 Å². The summed E-state index contributed by atoms with van der Waals surface area (Å²) in [5, 5.41) is 0.674. The first-order chi connectivity index (χ1) is 14.0. The van der Waals surface area contributed by atoms with E-state index in [2.05, 4.69) is 30.9 Å². The summed E-state index contributed by atoms with van der Waals surface area (Å²) in [6, 6.07) is 9.88. The number of aromatic nitrogens is 1. The van der Waals surface area contributed by atoms with Crippen molar-refractivity contribution in [3.8, 4) is 0 Å². The van der Waals surface area contributed by atoms with Crippen LogP contribution in [0.15, 0.2) is 36.4 Å². The second kappa shape index (κ2) is 8.57. The molecule has 0 atom stereocenters. The van der Waals surface area contributed by atoms with Gasteiger partial charge in [0.05, 0.1) is 23.4 Å². The third kappa shape index (κ3) is 4.47. The molecule has 2 heterocycles. The Morgan fingerprint density at radius 1 is 1.17 bits per heavy atom. The summed E-state index contributed by atoms with van der Waals surface area (Å²) in [7, 11) is 0. The fourth-order valence-corrected chi connectivity index (χ4v) is 4.45. The zero-order chi connectivity index (χ0) is 20.4. The van der Waals surface area contributed by atoms with Gasteiger partial charge in [-0.05, 0) is 61.4 Å². The smallest absolute Gasteiger partial charge is 0.260 e. The van der Waals surface area contributed by atoms with Gasteiger partial charge in [-0.1, -0.05) is 11.3 Å². The van der Waals surface area contributed by atoms with Crippen LogP contribution < -0.4 is 4.90 Å². The molecular formula is C22H24FN3O2S. The second-order valence-corrected chi connectivity index (χ2v) is 8.33. The van der Waals surface area contributed by atoms with E-state index in [4.69, 9.17) is 9.72 Å². The summed E-state index contributed by atoms with van der Waals surface area (Å²) >= 11 is 1.52. The minimum atomic E-state index is -0.354. The molecule has 0 saturated carbocycles. The summed E-state index contributed by atoms with van der Waals surface area (Å²) in [4.78, 5) is 22.0. The van der Waals surface area contributed by atoms with Gasteiger partial charge in [0.2, 0.25) is 0 Å². The number of benzene rings is 2. The quantitative estimate of drug-likeness (QED) is 0.634. The summed E-state index contributed by atoms with van der Waals surface area (Å²) in [6.07, 6.45) is 0. The van der Waals surface area contributed by atoms with Gasteiger partial charge in [0.1, 0.15) is 5.82 Å². The standard InChI is InChI=1S/C22H24FN3O2S/c1-15-13-19-20(14-16(15)2)29-22(24-19)26(8-7-25-9-11-28-12-10-25)21(27)17-3-5-18(23)6-4-17/h3-6,13-14H,7-12H2,1-2H3. The van der Waals surface area contributed by atoms with Gasteiger partial charge < -0.3 is 4.74 Å². The number of aryl methyl sites for hydroxylation is 2. The number of halogens is 1. The van der Waals surface area contributed by atoms with Crippen molar-refractivity contribution in [1.29, 1.82) is 0 Å². The number of ether oxygens (including phenoxy) is 1. The number of hydrogen-bond acceptors (Lipinski definition) is 5. The Hall–Kier alpha value is -2.35. The van der Waals surface area contributed by atoms with E-state index in [9.17, 15) is 9.18 Å². The Labute approximate surface area is 173 Å². The van der Waals surface area contributed by atoms with Crippen LogP contribution in [-0.2, 0) is 4.74 Å². The normalized spacial score (nSPS) is 15.0. The molecule has 152 valence electrons. The second-order valence-electron chi connectivity index (χ2n) is 7.32. The Morgan fingerprint density at radius 2 is 1.86 bits per heavy atom. The van der Waals surface area contributed by atoms with E-state index in [1.807, 2.05) is 0 Å². The molecule has 1 fully saturated rings. The number of carbonyl (C=O) groups is 1. The molecule has 0 spiro atoms. The van der Waals surface area contributed by atoms with Crippen LogP contribution in [0.25, 0.3) is 10.2 Å². The number of amides is 1. The number of carbonyl (C=O) groups excluding carboxylic acids is 1. The third-order valence-corrected chi connectivity index (χ3v) is 6.34. The Balaban J connectivity index is 1.64. The Morgan fingerprint density at radius 3 is 2.59 bits per heavy atom. The molecule has 0 unspecified atom stereocenters. The molecule has 0 N–H and O–H groups in total. The highest BCUT2D eigenvalue weighted by atomic mass is 32.1. The molecule has 29 heavy (non-hydrogen) atoms. The van der Waals surface area contributed by atoms with Crippen molar-refractivity contribution in [2.75, 3.05) is 44.3 Å². The minimum Gasteiger partial charge on any atom is -0.379 e. The van der Waals surface area contributed by atoms with Gasteiger partial charge in [0.15, 0.2) is 5.13 Å². The minimum absolute atomic E-state index is 0.161. The van der Waals surface area contributed by atoms with Crippen LogP contribution in [-0.4, -0.2) is 55.2 Å². The average Bonchev–Trinajstić information content (AvgIpc) is 3.12. The van der Waals surface area contributed by atoms with E-state index >= 15 is 0 Å². The first-order valence-electron chi connectivity index (χ1n) is 9.76. The van der Waals surface area contributed by atoms with Crippen LogP contribution in [0, 0.1) is 19.7 Å². The van der Waals surface area contributed by atoms with Gasteiger partial charge in [0, 0.05) is 31.7 Å². The first-order valence-corrected chi connectivity index (χ1v) is 10.6. The van der Waals surface area contributed by atoms with E-state index in [1.54, 1.807) is 4.90 Å². The molecule has 4 rings (SSSR count). The zero-order valence-corrected chi connectivity index (χ0v) is 17.5. The maximum Gasteiger partial charge on any atom is 0.260 e. The lowest BCUT2D eigenvalue weighted by Gasteiger charge is -2.29. The third-order valence-electron chi connectivity index (χ3n) is 5.30. The van der Waals surface area contributed by atoms with Crippen molar-refractivity contribution in [1.82, 2.24) is 9.88 Å². The van der Waals surface area contributed by atoms with Crippen molar-refractivity contribution in [2.24, 2.45) is 0 Å². The number of anilines is 1. The lowest BCUT2D eigenvalue weighted by molar-refractivity contribution is 0.0391. The summed E-state index contributed by atoms with van der Waals surface area (Å²) in [5.74, 6) is -0.516. The highest BCUT2D eigenvalue weighted by Gasteiger charge is 2.23. The molecule has 0 bridgehead atoms. The maximum atomic E-state index is 13.3. The van der Waals surface area contributed by atoms with Crippen molar-refractivity contribution in [3.05, 3.63) is 58.9 Å². The van der Waals surface area contributed by atoms with Crippen molar-refractivity contribution in [2.45, 2.75) is 13.8 Å². The van der Waals surface area contributed by atoms with Gasteiger partial charge in [-0.15, -0.1) is 0 Å². The van der Waals surface area contributed by atoms with E-state index in [-0.39, 0.29) is 11.7 Å². The predicted molar refractivity (Wildman–Crippen MR) is 114 cm³/mol. The van der Waals surface area contributed by atoms with Crippen LogP contribution in [0.2, 0.25) is 0 Å². The number of nitrogens with zero attached hydrogens (tertiary/aromatic N) is 3. The summed E-state index contributed by atoms with van der Waals surface area (Å²) in [6.45, 7) is 8.55. The molecule has 0 aliphatic carbocycles. The molecule has 0 radical (unpaired) electrons. The topological polar surface area (TPSA) is 45.7 Å². The van der Waals surface area contributed by atoms with Gasteiger partial charge in [-0.3, -0.25) is 14.6 Å². The lowest BCUT2D eigenvalue weighted by Crippen LogP contribution is -2.43. The molecule has 5 nitrogen and oxygen atoms in total. The number of fused-ring (bicyclic) bond motifs is 1. The van der Waals surface area contributed by atoms with Crippen molar-refractivity contribution < 1.29 is 13.9 Å². The molecule has 3 aromatic rings. The molecule has 1 amide bonds. The molecular weight excluding hydrogens is 389 g/mol. The molecule has 1 aliphatic rings. The SMILES string of the molecule is Cc1cc2nc(N(CCN3CCOCC3)C(=O)c3ccc(F)cc3)sc2cc1C. The Bertz CT molecular complexity index is 974. The van der Waals surface area contributed by atoms with E-state index in [0.29, 0.717) is 30.5 Å². The predicted octanol–water partition coefficient (Wildman–Crippen LogP) is 4.03. The fourth-order valence-electron chi connectivity index (χ4n) is 3.38. The molecule has 1 saturated heterocycles. The van der Waals surface area contributed by atoms with Crippen molar-refractivity contribution in [3.63, 3.8) is 0 Å². The number of morpholine rings is 1. The van der Waals surface area contributed by atoms with E-state index < -0.39 is 0 Å². The summed E-state index contributed by atoms with van der Waals surface area (Å²) < 4.78 is 19.8. The number of rotatable bonds is 5. The first kappa shape index (κ1) is 19.9. The largest absolute Gasteiger partial charge is 0.379 e. The van der Waals surface area contributed by atoms with E-state index in [1.165, 1.54) is 46.7 Å². The Kier molecular flexibility index (Phi) is 5.89. The monoisotopic (exact) mass is 413 g/mol. The zero-order valence-electron chi connectivity index (χ0n) is 16.7. The fraction of sp³-hybridized carbons (Fsp3) is 0.364. The molecule has 7 heteroatoms. The highest BCUT2D eigenvalue weighted by Crippen LogP contribution is 2.31.